The minimum absolute atomic E-state index is 0.676. The average molecular weight is 368 g/mol. The Morgan fingerprint density at radius 3 is 2.57 bits per heavy atom. The van der Waals surface area contributed by atoms with E-state index in [2.05, 4.69) is 71.4 Å². The highest BCUT2D eigenvalue weighted by molar-refractivity contribution is 6.09. The van der Waals surface area contributed by atoms with Crippen molar-refractivity contribution in [2.45, 2.75) is 12.5 Å². The fourth-order valence-electron chi connectivity index (χ4n) is 5.30. The summed E-state index contributed by atoms with van der Waals surface area (Å²) in [4.78, 5) is 5.08. The Kier molecular flexibility index (Phi) is 3.54. The summed E-state index contributed by atoms with van der Waals surface area (Å²) in [6.07, 6.45) is 1.31. The van der Waals surface area contributed by atoms with Crippen molar-refractivity contribution in [3.8, 4) is 11.1 Å². The zero-order valence-electron chi connectivity index (χ0n) is 16.1. The molecule has 140 valence electrons. The summed E-state index contributed by atoms with van der Waals surface area (Å²) in [7, 11) is 2.24. The lowest BCUT2D eigenvalue weighted by molar-refractivity contribution is 0.386. The van der Waals surface area contributed by atoms with Crippen molar-refractivity contribution in [1.29, 1.82) is 0 Å². The molecule has 2 fully saturated rings. The molecule has 0 aliphatic carbocycles. The van der Waals surface area contributed by atoms with Crippen LogP contribution < -0.4 is 4.90 Å². The molecule has 1 aromatic heterocycles. The maximum Gasteiger partial charge on any atom is 0.143 e. The molecule has 3 nitrogen and oxygen atoms in total. The van der Waals surface area contributed by atoms with E-state index in [1.54, 1.807) is 0 Å². The van der Waals surface area contributed by atoms with Crippen molar-refractivity contribution in [3.05, 3.63) is 66.7 Å². The second-order valence-electron chi connectivity index (χ2n) is 8.36. The molecule has 2 atom stereocenters. The summed E-state index contributed by atoms with van der Waals surface area (Å²) in [5.41, 5.74) is 5.67. The predicted molar refractivity (Wildman–Crippen MR) is 116 cm³/mol. The van der Waals surface area contributed by atoms with E-state index in [1.807, 2.05) is 12.1 Å². The topological polar surface area (TPSA) is 19.6 Å². The van der Waals surface area contributed by atoms with Crippen LogP contribution in [0.2, 0.25) is 0 Å². The van der Waals surface area contributed by atoms with Crippen LogP contribution in [0.1, 0.15) is 6.42 Å². The smallest absolute Gasteiger partial charge is 0.143 e. The van der Waals surface area contributed by atoms with Crippen LogP contribution in [-0.4, -0.2) is 37.6 Å². The van der Waals surface area contributed by atoms with Gasteiger partial charge in [-0.2, -0.15) is 0 Å². The Morgan fingerprint density at radius 1 is 0.857 bits per heavy atom. The quantitative estimate of drug-likeness (QED) is 0.473. The van der Waals surface area contributed by atoms with Gasteiger partial charge in [-0.05, 0) is 43.1 Å². The monoisotopic (exact) mass is 368 g/mol. The highest BCUT2D eigenvalue weighted by Gasteiger charge is 2.39. The molecule has 6 rings (SSSR count). The number of para-hydroxylation sites is 2. The number of furan rings is 1. The third kappa shape index (κ3) is 2.39. The van der Waals surface area contributed by atoms with E-state index < -0.39 is 0 Å². The fourth-order valence-corrected chi connectivity index (χ4v) is 5.30. The Labute approximate surface area is 165 Å². The Bertz CT molecular complexity index is 1160. The molecule has 0 amide bonds. The average Bonchev–Trinajstić information content (AvgIpc) is 3.39. The molecular formula is C25H24N2O. The zero-order valence-corrected chi connectivity index (χ0v) is 16.1. The zero-order chi connectivity index (χ0) is 18.7. The minimum atomic E-state index is 0.676. The lowest BCUT2D eigenvalue weighted by Gasteiger charge is -2.26. The van der Waals surface area contributed by atoms with E-state index in [-0.39, 0.29) is 0 Å². The first-order valence-corrected chi connectivity index (χ1v) is 10.2. The second-order valence-corrected chi connectivity index (χ2v) is 8.36. The lowest BCUT2D eigenvalue weighted by atomic mass is 10.0. The fraction of sp³-hybridized carbons (Fsp3) is 0.280. The molecule has 2 aliphatic rings. The highest BCUT2D eigenvalue weighted by atomic mass is 16.3. The van der Waals surface area contributed by atoms with Gasteiger partial charge in [-0.3, -0.25) is 0 Å². The Balaban J connectivity index is 1.38. The minimum Gasteiger partial charge on any atom is -0.455 e. The number of likely N-dealkylation sites (N-methyl/N-ethyl adjacent to an activating group) is 1. The van der Waals surface area contributed by atoms with Crippen LogP contribution in [0, 0.1) is 5.92 Å². The first kappa shape index (κ1) is 16.2. The molecule has 0 bridgehead atoms. The van der Waals surface area contributed by atoms with E-state index in [0.717, 1.165) is 17.1 Å². The van der Waals surface area contributed by atoms with Crippen LogP contribution in [-0.2, 0) is 0 Å². The molecule has 2 saturated heterocycles. The first-order valence-electron chi connectivity index (χ1n) is 10.2. The third-order valence-electron chi connectivity index (χ3n) is 6.64. The van der Waals surface area contributed by atoms with Gasteiger partial charge in [-0.15, -0.1) is 0 Å². The maximum absolute atomic E-state index is 6.22. The molecule has 28 heavy (non-hydrogen) atoms. The Hall–Kier alpha value is -2.78. The number of hydrogen-bond donors (Lipinski definition) is 0. The lowest BCUT2D eigenvalue weighted by Crippen LogP contribution is -2.34. The van der Waals surface area contributed by atoms with Crippen molar-refractivity contribution in [2.24, 2.45) is 5.92 Å². The molecule has 3 heterocycles. The van der Waals surface area contributed by atoms with E-state index >= 15 is 0 Å². The van der Waals surface area contributed by atoms with Crippen molar-refractivity contribution in [3.63, 3.8) is 0 Å². The van der Waals surface area contributed by atoms with Gasteiger partial charge in [0.25, 0.3) is 0 Å². The molecule has 4 aromatic rings. The number of fused-ring (bicyclic) bond motifs is 4. The van der Waals surface area contributed by atoms with Crippen LogP contribution in [0.3, 0.4) is 0 Å². The summed E-state index contributed by atoms with van der Waals surface area (Å²) < 4.78 is 6.22. The van der Waals surface area contributed by atoms with E-state index in [9.17, 15) is 0 Å². The van der Waals surface area contributed by atoms with E-state index in [0.29, 0.717) is 6.04 Å². The summed E-state index contributed by atoms with van der Waals surface area (Å²) in [5, 5.41) is 2.37. The maximum atomic E-state index is 6.22. The number of rotatable bonds is 2. The van der Waals surface area contributed by atoms with Crippen LogP contribution in [0.4, 0.5) is 5.69 Å². The number of anilines is 1. The van der Waals surface area contributed by atoms with E-state index in [1.165, 1.54) is 53.6 Å². The van der Waals surface area contributed by atoms with Gasteiger partial charge in [0.1, 0.15) is 11.2 Å². The van der Waals surface area contributed by atoms with Gasteiger partial charge in [0.2, 0.25) is 0 Å². The molecule has 3 aromatic carbocycles. The largest absolute Gasteiger partial charge is 0.455 e. The van der Waals surface area contributed by atoms with Crippen molar-refractivity contribution >= 4 is 27.6 Å². The summed E-state index contributed by atoms with van der Waals surface area (Å²) in [6.45, 7) is 3.61. The molecule has 0 spiro atoms. The summed E-state index contributed by atoms with van der Waals surface area (Å²) >= 11 is 0. The molecule has 0 unspecified atom stereocenters. The van der Waals surface area contributed by atoms with Gasteiger partial charge < -0.3 is 14.2 Å². The SMILES string of the molecule is CN1C[C@H]2CCN(c3ccc(-c4cccc5c4oc4ccccc45)cc3)[C@H]2C1. The Morgan fingerprint density at radius 2 is 1.68 bits per heavy atom. The van der Waals surface area contributed by atoms with Crippen molar-refractivity contribution in [1.82, 2.24) is 4.90 Å². The van der Waals surface area contributed by atoms with Crippen molar-refractivity contribution < 1.29 is 4.42 Å². The molecular weight excluding hydrogens is 344 g/mol. The van der Waals surface area contributed by atoms with Crippen LogP contribution >= 0.6 is 0 Å². The number of hydrogen-bond acceptors (Lipinski definition) is 3. The second kappa shape index (κ2) is 6.11. The van der Waals surface area contributed by atoms with Crippen LogP contribution in [0.15, 0.2) is 71.1 Å². The van der Waals surface area contributed by atoms with Gasteiger partial charge in [0.15, 0.2) is 0 Å². The normalized spacial score (nSPS) is 22.4. The number of nitrogens with zero attached hydrogens (tertiary/aromatic N) is 2. The van der Waals surface area contributed by atoms with Crippen molar-refractivity contribution in [2.75, 3.05) is 31.6 Å². The van der Waals surface area contributed by atoms with Gasteiger partial charge in [0, 0.05) is 47.7 Å². The van der Waals surface area contributed by atoms with Gasteiger partial charge in [0.05, 0.1) is 0 Å². The summed E-state index contributed by atoms with van der Waals surface area (Å²) in [6, 6.07) is 24.5. The molecule has 3 heteroatoms. The number of benzene rings is 3. The van der Waals surface area contributed by atoms with E-state index in [4.69, 9.17) is 4.42 Å². The van der Waals surface area contributed by atoms with Gasteiger partial charge in [-0.25, -0.2) is 0 Å². The molecule has 2 aliphatic heterocycles. The van der Waals surface area contributed by atoms with Crippen LogP contribution in [0.5, 0.6) is 0 Å². The van der Waals surface area contributed by atoms with Crippen LogP contribution in [0.25, 0.3) is 33.1 Å². The summed E-state index contributed by atoms with van der Waals surface area (Å²) in [5.74, 6) is 0.828. The van der Waals surface area contributed by atoms with Gasteiger partial charge in [-0.1, -0.05) is 48.5 Å². The van der Waals surface area contributed by atoms with Gasteiger partial charge >= 0.3 is 0 Å². The standard InChI is InChI=1S/C25H24N2O/c1-26-15-18-13-14-27(23(18)16-26)19-11-9-17(10-12-19)20-6-4-7-22-21-5-2-3-8-24(21)28-25(20)22/h2-12,18,23H,13-16H2,1H3/t18-,23+/m1/s1. The highest BCUT2D eigenvalue weighted by Crippen LogP contribution is 2.38. The predicted octanol–water partition coefficient (Wildman–Crippen LogP) is 5.39. The molecule has 0 N–H and O–H groups in total. The molecule has 0 radical (unpaired) electrons. The molecule has 0 saturated carbocycles. The third-order valence-corrected chi connectivity index (χ3v) is 6.64. The first-order chi connectivity index (χ1) is 13.8. The number of likely N-dealkylation sites (tertiary alicyclic amines) is 1.